The molecular weight excluding hydrogens is 302 g/mol. The molecule has 2 aromatic rings. The normalized spacial score (nSPS) is 18.8. The van der Waals surface area contributed by atoms with Crippen LogP contribution < -0.4 is 5.32 Å². The van der Waals surface area contributed by atoms with E-state index in [1.54, 1.807) is 0 Å². The van der Waals surface area contributed by atoms with Crippen LogP contribution >= 0.6 is 0 Å². The van der Waals surface area contributed by atoms with Gasteiger partial charge in [0.2, 0.25) is 0 Å². The van der Waals surface area contributed by atoms with Gasteiger partial charge in [0.25, 0.3) is 0 Å². The minimum atomic E-state index is -0.342. The van der Waals surface area contributed by atoms with Crippen LogP contribution in [-0.2, 0) is 4.74 Å². The molecule has 0 aliphatic heterocycles. The summed E-state index contributed by atoms with van der Waals surface area (Å²) in [7, 11) is 0. The Labute approximate surface area is 142 Å². The lowest BCUT2D eigenvalue weighted by atomic mass is 10.0. The van der Waals surface area contributed by atoms with E-state index in [9.17, 15) is 4.79 Å². The minimum absolute atomic E-state index is 0.102. The molecule has 0 saturated heterocycles. The molecule has 1 amide bonds. The Bertz CT molecular complexity index is 755. The number of aromatic nitrogens is 2. The maximum atomic E-state index is 12.1. The molecule has 0 aromatic carbocycles. The van der Waals surface area contributed by atoms with Gasteiger partial charge in [-0.1, -0.05) is 6.08 Å². The molecule has 0 bridgehead atoms. The van der Waals surface area contributed by atoms with Gasteiger partial charge < -0.3 is 15.0 Å². The van der Waals surface area contributed by atoms with E-state index in [1.165, 1.54) is 5.57 Å². The van der Waals surface area contributed by atoms with Crippen molar-refractivity contribution in [2.75, 3.05) is 0 Å². The van der Waals surface area contributed by atoms with E-state index in [4.69, 9.17) is 4.74 Å². The molecule has 1 unspecified atom stereocenters. The zero-order valence-electron chi connectivity index (χ0n) is 14.6. The second-order valence-electron chi connectivity index (χ2n) is 7.37. The van der Waals surface area contributed by atoms with Gasteiger partial charge in [0.05, 0.1) is 11.0 Å². The van der Waals surface area contributed by atoms with Crippen molar-refractivity contribution >= 4 is 22.7 Å². The molecule has 2 N–H and O–H groups in total. The summed E-state index contributed by atoms with van der Waals surface area (Å²) in [5, 5.41) is 2.87. The van der Waals surface area contributed by atoms with E-state index in [0.717, 1.165) is 42.3 Å². The van der Waals surface area contributed by atoms with Gasteiger partial charge in [-0.25, -0.2) is 4.79 Å². The SMILES string of the molecule is CC(C)(C)NC(=O)OC1CCCC=C(c2c[nH]c3cccnc23)C1. The van der Waals surface area contributed by atoms with Crippen LogP contribution in [0.15, 0.2) is 30.6 Å². The number of allylic oxidation sites excluding steroid dienone is 1. The lowest BCUT2D eigenvalue weighted by molar-refractivity contribution is 0.0888. The smallest absolute Gasteiger partial charge is 0.407 e. The number of fused-ring (bicyclic) bond motifs is 1. The molecular formula is C19H25N3O2. The van der Waals surface area contributed by atoms with Gasteiger partial charge in [-0.2, -0.15) is 0 Å². The number of carbonyl (C=O) groups excluding carboxylic acids is 1. The van der Waals surface area contributed by atoms with E-state index in [2.05, 4.69) is 21.4 Å². The number of amides is 1. The molecule has 3 rings (SSSR count). The number of hydrogen-bond acceptors (Lipinski definition) is 3. The molecule has 1 atom stereocenters. The molecule has 0 radical (unpaired) electrons. The molecule has 5 nitrogen and oxygen atoms in total. The standard InChI is InChI=1S/C19H25N3O2/c1-19(2,3)22-18(23)24-14-8-5-4-7-13(11-14)15-12-21-16-9-6-10-20-17(15)16/h6-7,9-10,12,14,21H,4-5,8,11H2,1-3H3,(H,22,23). The molecule has 2 heterocycles. The van der Waals surface area contributed by atoms with Gasteiger partial charge in [0.15, 0.2) is 0 Å². The largest absolute Gasteiger partial charge is 0.446 e. The van der Waals surface area contributed by atoms with Gasteiger partial charge in [-0.05, 0) is 57.7 Å². The fourth-order valence-electron chi connectivity index (χ4n) is 3.06. The first-order valence-electron chi connectivity index (χ1n) is 8.53. The number of hydrogen-bond donors (Lipinski definition) is 2. The first kappa shape index (κ1) is 16.6. The highest BCUT2D eigenvalue weighted by Crippen LogP contribution is 2.31. The van der Waals surface area contributed by atoms with Crippen molar-refractivity contribution in [2.24, 2.45) is 0 Å². The highest BCUT2D eigenvalue weighted by atomic mass is 16.6. The van der Waals surface area contributed by atoms with Crippen LogP contribution in [0.1, 0.15) is 52.0 Å². The molecule has 128 valence electrons. The monoisotopic (exact) mass is 327 g/mol. The van der Waals surface area contributed by atoms with Crippen LogP contribution in [0.4, 0.5) is 4.79 Å². The lowest BCUT2D eigenvalue weighted by Crippen LogP contribution is -2.42. The lowest BCUT2D eigenvalue weighted by Gasteiger charge is -2.23. The van der Waals surface area contributed by atoms with Gasteiger partial charge in [0, 0.05) is 29.9 Å². The summed E-state index contributed by atoms with van der Waals surface area (Å²) < 4.78 is 5.67. The molecule has 2 aromatic heterocycles. The van der Waals surface area contributed by atoms with Gasteiger partial charge in [-0.3, -0.25) is 4.98 Å². The molecule has 1 aliphatic rings. The third kappa shape index (κ3) is 3.96. The van der Waals surface area contributed by atoms with Crippen LogP contribution in [0.3, 0.4) is 0 Å². The fraction of sp³-hybridized carbons (Fsp3) is 0.474. The van der Waals surface area contributed by atoms with Crippen LogP contribution in [0.5, 0.6) is 0 Å². The summed E-state index contributed by atoms with van der Waals surface area (Å²) in [5.74, 6) is 0. The summed E-state index contributed by atoms with van der Waals surface area (Å²) >= 11 is 0. The van der Waals surface area contributed by atoms with Crippen molar-refractivity contribution in [3.8, 4) is 0 Å². The molecule has 0 fully saturated rings. The van der Waals surface area contributed by atoms with Crippen LogP contribution in [-0.4, -0.2) is 27.7 Å². The maximum absolute atomic E-state index is 12.1. The van der Waals surface area contributed by atoms with Crippen molar-refractivity contribution in [2.45, 2.75) is 58.1 Å². The van der Waals surface area contributed by atoms with Crippen molar-refractivity contribution in [1.29, 1.82) is 0 Å². The number of nitrogens with zero attached hydrogens (tertiary/aromatic N) is 1. The Morgan fingerprint density at radius 3 is 3.04 bits per heavy atom. The van der Waals surface area contributed by atoms with Crippen molar-refractivity contribution in [3.63, 3.8) is 0 Å². The number of ether oxygens (including phenoxy) is 1. The summed E-state index contributed by atoms with van der Waals surface area (Å²) in [6.45, 7) is 5.85. The van der Waals surface area contributed by atoms with Crippen molar-refractivity contribution in [1.82, 2.24) is 15.3 Å². The zero-order chi connectivity index (χ0) is 17.2. The van der Waals surface area contributed by atoms with Gasteiger partial charge in [0.1, 0.15) is 6.10 Å². The van der Waals surface area contributed by atoms with Crippen LogP contribution in [0.25, 0.3) is 16.6 Å². The highest BCUT2D eigenvalue weighted by Gasteiger charge is 2.23. The number of aromatic amines is 1. The fourth-order valence-corrected chi connectivity index (χ4v) is 3.06. The summed E-state index contributed by atoms with van der Waals surface area (Å²) in [5.41, 5.74) is 4.02. The summed E-state index contributed by atoms with van der Waals surface area (Å²) in [4.78, 5) is 19.8. The molecule has 24 heavy (non-hydrogen) atoms. The van der Waals surface area contributed by atoms with E-state index in [-0.39, 0.29) is 17.7 Å². The van der Waals surface area contributed by atoms with E-state index < -0.39 is 0 Å². The van der Waals surface area contributed by atoms with Crippen LogP contribution in [0.2, 0.25) is 0 Å². The van der Waals surface area contributed by atoms with Gasteiger partial charge >= 0.3 is 6.09 Å². The topological polar surface area (TPSA) is 67.0 Å². The Morgan fingerprint density at radius 1 is 1.42 bits per heavy atom. The summed E-state index contributed by atoms with van der Waals surface area (Å²) in [6, 6.07) is 3.95. The second-order valence-corrected chi connectivity index (χ2v) is 7.37. The maximum Gasteiger partial charge on any atom is 0.407 e. The quantitative estimate of drug-likeness (QED) is 0.858. The second kappa shape index (κ2) is 6.67. The minimum Gasteiger partial charge on any atom is -0.446 e. The first-order valence-corrected chi connectivity index (χ1v) is 8.53. The average Bonchev–Trinajstić information content (AvgIpc) is 2.79. The number of alkyl carbamates (subject to hydrolysis) is 1. The van der Waals surface area contributed by atoms with Crippen molar-refractivity contribution < 1.29 is 9.53 Å². The number of nitrogens with one attached hydrogen (secondary N) is 2. The van der Waals surface area contributed by atoms with Crippen molar-refractivity contribution in [3.05, 3.63) is 36.2 Å². The predicted molar refractivity (Wildman–Crippen MR) is 95.7 cm³/mol. The Kier molecular flexibility index (Phi) is 4.60. The average molecular weight is 327 g/mol. The first-order chi connectivity index (χ1) is 11.4. The Hall–Kier alpha value is -2.30. The number of carbonyl (C=O) groups is 1. The Morgan fingerprint density at radius 2 is 2.25 bits per heavy atom. The number of rotatable bonds is 2. The molecule has 0 spiro atoms. The number of pyridine rings is 1. The van der Waals surface area contributed by atoms with E-state index in [0.29, 0.717) is 0 Å². The van der Waals surface area contributed by atoms with Crippen LogP contribution in [0, 0.1) is 0 Å². The van der Waals surface area contributed by atoms with E-state index >= 15 is 0 Å². The predicted octanol–water partition coefficient (Wildman–Crippen LogP) is 4.41. The molecule has 0 saturated carbocycles. The van der Waals surface area contributed by atoms with E-state index in [1.807, 2.05) is 45.3 Å². The third-order valence-electron chi connectivity index (χ3n) is 4.10. The Balaban J connectivity index is 1.75. The summed E-state index contributed by atoms with van der Waals surface area (Å²) in [6.07, 6.45) is 9.24. The molecule has 1 aliphatic carbocycles. The highest BCUT2D eigenvalue weighted by molar-refractivity contribution is 5.89. The zero-order valence-corrected chi connectivity index (χ0v) is 14.6. The molecule has 5 heteroatoms. The third-order valence-corrected chi connectivity index (χ3v) is 4.10. The number of H-pyrrole nitrogens is 1. The van der Waals surface area contributed by atoms with Gasteiger partial charge in [-0.15, -0.1) is 0 Å².